The molecule has 1 atom stereocenters. The molecule has 2 aromatic rings. The Morgan fingerprint density at radius 1 is 1.17 bits per heavy atom. The van der Waals surface area contributed by atoms with E-state index in [0.29, 0.717) is 16.5 Å². The lowest BCUT2D eigenvalue weighted by Crippen LogP contribution is -2.29. The first-order chi connectivity index (χ1) is 11.4. The Labute approximate surface area is 145 Å². The second-order valence-corrected chi connectivity index (χ2v) is 5.68. The molecule has 0 aliphatic carbocycles. The van der Waals surface area contributed by atoms with Crippen LogP contribution in [-0.2, 0) is 14.3 Å². The van der Waals surface area contributed by atoms with Crippen molar-refractivity contribution in [2.24, 2.45) is 0 Å². The van der Waals surface area contributed by atoms with E-state index < -0.39 is 18.0 Å². The summed E-state index contributed by atoms with van der Waals surface area (Å²) >= 11 is 5.78. The Bertz CT molecular complexity index is 715. The number of hydrogen-bond acceptors (Lipinski definition) is 4. The van der Waals surface area contributed by atoms with Crippen molar-refractivity contribution in [1.29, 1.82) is 0 Å². The lowest BCUT2D eigenvalue weighted by Gasteiger charge is -2.14. The number of anilines is 1. The van der Waals surface area contributed by atoms with Crippen LogP contribution in [0.1, 0.15) is 12.5 Å². The normalized spacial score (nSPS) is 11.5. The number of ether oxygens (including phenoxy) is 2. The topological polar surface area (TPSA) is 64.6 Å². The molecule has 0 bridgehead atoms. The number of esters is 1. The van der Waals surface area contributed by atoms with Crippen molar-refractivity contribution >= 4 is 29.2 Å². The number of aryl methyl sites for hydroxylation is 1. The predicted molar refractivity (Wildman–Crippen MR) is 92.3 cm³/mol. The summed E-state index contributed by atoms with van der Waals surface area (Å²) in [6.45, 7) is 3.10. The molecule has 0 unspecified atom stereocenters. The average Bonchev–Trinajstić information content (AvgIpc) is 2.54. The third-order valence-corrected chi connectivity index (χ3v) is 3.36. The van der Waals surface area contributed by atoms with E-state index in [4.69, 9.17) is 21.1 Å². The molecule has 0 aliphatic heterocycles. The van der Waals surface area contributed by atoms with Gasteiger partial charge in [0, 0.05) is 10.7 Å². The summed E-state index contributed by atoms with van der Waals surface area (Å²) in [5, 5.41) is 3.24. The van der Waals surface area contributed by atoms with Crippen LogP contribution in [0.25, 0.3) is 0 Å². The molecule has 0 aliphatic rings. The van der Waals surface area contributed by atoms with Crippen LogP contribution in [0.5, 0.6) is 5.75 Å². The smallest absolute Gasteiger partial charge is 0.347 e. The molecule has 0 heterocycles. The molecule has 0 aromatic heterocycles. The van der Waals surface area contributed by atoms with Crippen LogP contribution in [0.15, 0.2) is 48.5 Å². The van der Waals surface area contributed by atoms with Crippen LogP contribution >= 0.6 is 11.6 Å². The molecule has 2 aromatic carbocycles. The summed E-state index contributed by atoms with van der Waals surface area (Å²) in [6.07, 6.45) is -0.835. The monoisotopic (exact) mass is 347 g/mol. The van der Waals surface area contributed by atoms with E-state index in [1.807, 2.05) is 25.1 Å². The van der Waals surface area contributed by atoms with E-state index in [2.05, 4.69) is 5.32 Å². The summed E-state index contributed by atoms with van der Waals surface area (Å²) in [6, 6.07) is 14.0. The van der Waals surface area contributed by atoms with Crippen LogP contribution in [0, 0.1) is 6.92 Å². The van der Waals surface area contributed by atoms with Crippen molar-refractivity contribution in [2.45, 2.75) is 20.0 Å². The highest BCUT2D eigenvalue weighted by molar-refractivity contribution is 6.30. The lowest BCUT2D eigenvalue weighted by atomic mass is 10.2. The van der Waals surface area contributed by atoms with Crippen LogP contribution in [-0.4, -0.2) is 24.6 Å². The van der Waals surface area contributed by atoms with Gasteiger partial charge in [0.2, 0.25) is 0 Å². The Morgan fingerprint density at radius 3 is 2.54 bits per heavy atom. The van der Waals surface area contributed by atoms with E-state index in [0.717, 1.165) is 5.56 Å². The van der Waals surface area contributed by atoms with Gasteiger partial charge in [0.1, 0.15) is 5.75 Å². The second-order valence-electron chi connectivity index (χ2n) is 5.24. The van der Waals surface area contributed by atoms with Crippen molar-refractivity contribution < 1.29 is 19.1 Å². The van der Waals surface area contributed by atoms with Gasteiger partial charge in [-0.15, -0.1) is 0 Å². The number of rotatable bonds is 6. The summed E-state index contributed by atoms with van der Waals surface area (Å²) < 4.78 is 10.4. The molecule has 24 heavy (non-hydrogen) atoms. The first-order valence-electron chi connectivity index (χ1n) is 7.39. The third-order valence-electron chi connectivity index (χ3n) is 3.11. The van der Waals surface area contributed by atoms with E-state index >= 15 is 0 Å². The molecule has 1 N–H and O–H groups in total. The van der Waals surface area contributed by atoms with Crippen molar-refractivity contribution in [3.8, 4) is 5.75 Å². The largest absolute Gasteiger partial charge is 0.479 e. The van der Waals surface area contributed by atoms with Crippen molar-refractivity contribution in [3.05, 3.63) is 59.1 Å². The molecule has 0 spiro atoms. The number of amides is 1. The highest BCUT2D eigenvalue weighted by Crippen LogP contribution is 2.17. The van der Waals surface area contributed by atoms with Gasteiger partial charge in [-0.3, -0.25) is 4.79 Å². The van der Waals surface area contributed by atoms with Crippen LogP contribution in [0.2, 0.25) is 5.02 Å². The number of halogens is 1. The number of carbonyl (C=O) groups is 2. The van der Waals surface area contributed by atoms with Crippen LogP contribution in [0.3, 0.4) is 0 Å². The molecular weight excluding hydrogens is 330 g/mol. The Balaban J connectivity index is 1.79. The zero-order valence-electron chi connectivity index (χ0n) is 13.4. The maximum atomic E-state index is 11.9. The highest BCUT2D eigenvalue weighted by Gasteiger charge is 2.17. The number of nitrogens with one attached hydrogen (secondary N) is 1. The molecule has 6 heteroatoms. The van der Waals surface area contributed by atoms with Crippen molar-refractivity contribution in [2.75, 3.05) is 11.9 Å². The standard InChI is InChI=1S/C18H18ClNO4/c1-12-4-3-5-15(10-12)20-17(21)11-23-18(22)13(2)24-16-8-6-14(19)7-9-16/h3-10,13H,11H2,1-2H3,(H,20,21)/t13-/m0/s1. The minimum atomic E-state index is -0.835. The van der Waals surface area contributed by atoms with Gasteiger partial charge in [-0.2, -0.15) is 0 Å². The van der Waals surface area contributed by atoms with Gasteiger partial charge < -0.3 is 14.8 Å². The first-order valence-corrected chi connectivity index (χ1v) is 7.77. The van der Waals surface area contributed by atoms with E-state index in [1.54, 1.807) is 37.3 Å². The minimum Gasteiger partial charge on any atom is -0.479 e. The Morgan fingerprint density at radius 2 is 1.88 bits per heavy atom. The predicted octanol–water partition coefficient (Wildman–Crippen LogP) is 3.60. The summed E-state index contributed by atoms with van der Waals surface area (Å²) in [5.74, 6) is -0.537. The number of hydrogen-bond donors (Lipinski definition) is 1. The molecule has 126 valence electrons. The first kappa shape index (κ1) is 17.8. The fourth-order valence-electron chi connectivity index (χ4n) is 1.94. The van der Waals surface area contributed by atoms with Gasteiger partial charge in [-0.25, -0.2) is 4.79 Å². The maximum absolute atomic E-state index is 11.9. The molecular formula is C18H18ClNO4. The SMILES string of the molecule is Cc1cccc(NC(=O)COC(=O)[C@H](C)Oc2ccc(Cl)cc2)c1. The number of carbonyl (C=O) groups excluding carboxylic acids is 2. The van der Waals surface area contributed by atoms with E-state index in [1.165, 1.54) is 0 Å². The fourth-order valence-corrected chi connectivity index (χ4v) is 2.07. The van der Waals surface area contributed by atoms with Gasteiger partial charge in [0.15, 0.2) is 12.7 Å². The molecule has 0 saturated heterocycles. The minimum absolute atomic E-state index is 0.374. The van der Waals surface area contributed by atoms with Crippen molar-refractivity contribution in [1.82, 2.24) is 0 Å². The third kappa shape index (κ3) is 5.59. The quantitative estimate of drug-likeness (QED) is 0.811. The molecule has 0 radical (unpaired) electrons. The molecule has 0 saturated carbocycles. The summed E-state index contributed by atoms with van der Waals surface area (Å²) in [7, 11) is 0. The van der Waals surface area contributed by atoms with Crippen LogP contribution < -0.4 is 10.1 Å². The summed E-state index contributed by atoms with van der Waals surface area (Å²) in [4.78, 5) is 23.7. The zero-order chi connectivity index (χ0) is 17.5. The Kier molecular flexibility index (Phi) is 6.21. The van der Waals surface area contributed by atoms with E-state index in [-0.39, 0.29) is 6.61 Å². The average molecular weight is 348 g/mol. The molecule has 5 nitrogen and oxygen atoms in total. The number of benzene rings is 2. The molecule has 1 amide bonds. The maximum Gasteiger partial charge on any atom is 0.347 e. The molecule has 2 rings (SSSR count). The highest BCUT2D eigenvalue weighted by atomic mass is 35.5. The summed E-state index contributed by atoms with van der Waals surface area (Å²) in [5.41, 5.74) is 1.68. The second kappa shape index (κ2) is 8.36. The van der Waals surface area contributed by atoms with Gasteiger partial charge in [-0.1, -0.05) is 23.7 Å². The van der Waals surface area contributed by atoms with Gasteiger partial charge in [-0.05, 0) is 55.8 Å². The fraction of sp³-hybridized carbons (Fsp3) is 0.222. The Hall–Kier alpha value is -2.53. The van der Waals surface area contributed by atoms with E-state index in [9.17, 15) is 9.59 Å². The lowest BCUT2D eigenvalue weighted by molar-refractivity contribution is -0.153. The van der Waals surface area contributed by atoms with Gasteiger partial charge in [0.25, 0.3) is 5.91 Å². The zero-order valence-corrected chi connectivity index (χ0v) is 14.2. The molecule has 0 fully saturated rings. The van der Waals surface area contributed by atoms with Crippen molar-refractivity contribution in [3.63, 3.8) is 0 Å². The van der Waals surface area contributed by atoms with Crippen LogP contribution in [0.4, 0.5) is 5.69 Å². The van der Waals surface area contributed by atoms with Gasteiger partial charge in [0.05, 0.1) is 0 Å². The van der Waals surface area contributed by atoms with Gasteiger partial charge >= 0.3 is 5.97 Å².